The smallest absolute Gasteiger partial charge is 0.193 e. The molecule has 5 heteroatoms. The highest BCUT2D eigenvalue weighted by Gasteiger charge is 2.39. The number of aromatic nitrogens is 1. The number of aliphatic imine (C=N–C) groups is 1. The second-order valence-corrected chi connectivity index (χ2v) is 6.74. The fourth-order valence-electron chi connectivity index (χ4n) is 3.92. The van der Waals surface area contributed by atoms with Crippen molar-refractivity contribution in [1.82, 2.24) is 15.2 Å². The zero-order valence-corrected chi connectivity index (χ0v) is 14.1. The Morgan fingerprint density at radius 3 is 2.96 bits per heavy atom. The van der Waals surface area contributed by atoms with Crippen molar-refractivity contribution >= 4 is 5.96 Å². The van der Waals surface area contributed by atoms with E-state index in [1.54, 1.807) is 12.4 Å². The van der Waals surface area contributed by atoms with E-state index in [2.05, 4.69) is 20.2 Å². The van der Waals surface area contributed by atoms with Crippen LogP contribution in [0.2, 0.25) is 0 Å². The molecule has 1 N–H and O–H groups in total. The Bertz CT molecular complexity index is 511. The molecule has 0 bridgehead atoms. The van der Waals surface area contributed by atoms with Crippen molar-refractivity contribution in [3.05, 3.63) is 24.5 Å². The van der Waals surface area contributed by atoms with E-state index in [9.17, 15) is 0 Å². The van der Waals surface area contributed by atoms with Crippen LogP contribution in [0.3, 0.4) is 0 Å². The SMILES string of the molecule is CN=C(NCCOc1cccnc1)N1CCC2(CCCCC2)C1. The molecule has 0 aromatic carbocycles. The van der Waals surface area contributed by atoms with E-state index < -0.39 is 0 Å². The summed E-state index contributed by atoms with van der Waals surface area (Å²) >= 11 is 0. The fraction of sp³-hybridized carbons (Fsp3) is 0.667. The van der Waals surface area contributed by atoms with Crippen molar-refractivity contribution < 1.29 is 4.74 Å². The number of hydrogen-bond acceptors (Lipinski definition) is 3. The summed E-state index contributed by atoms with van der Waals surface area (Å²) in [7, 11) is 1.87. The summed E-state index contributed by atoms with van der Waals surface area (Å²) in [4.78, 5) is 10.9. The Balaban J connectivity index is 1.43. The minimum absolute atomic E-state index is 0.558. The van der Waals surface area contributed by atoms with E-state index in [4.69, 9.17) is 4.74 Å². The van der Waals surface area contributed by atoms with Gasteiger partial charge in [0, 0.05) is 26.3 Å². The van der Waals surface area contributed by atoms with E-state index in [0.29, 0.717) is 12.0 Å². The fourth-order valence-corrected chi connectivity index (χ4v) is 3.92. The molecule has 0 atom stereocenters. The highest BCUT2D eigenvalue weighted by molar-refractivity contribution is 5.80. The molecule has 1 saturated heterocycles. The van der Waals surface area contributed by atoms with Crippen LogP contribution in [0, 0.1) is 5.41 Å². The highest BCUT2D eigenvalue weighted by atomic mass is 16.5. The lowest BCUT2D eigenvalue weighted by atomic mass is 9.73. The van der Waals surface area contributed by atoms with Crippen LogP contribution in [0.5, 0.6) is 5.75 Å². The number of nitrogens with zero attached hydrogens (tertiary/aromatic N) is 3. The molecule has 0 radical (unpaired) electrons. The quantitative estimate of drug-likeness (QED) is 0.527. The molecule has 5 nitrogen and oxygen atoms in total. The number of hydrogen-bond donors (Lipinski definition) is 1. The monoisotopic (exact) mass is 316 g/mol. The molecule has 1 aromatic rings. The van der Waals surface area contributed by atoms with Gasteiger partial charge in [-0.25, -0.2) is 0 Å². The minimum atomic E-state index is 0.558. The zero-order valence-electron chi connectivity index (χ0n) is 14.1. The van der Waals surface area contributed by atoms with Crippen molar-refractivity contribution in [2.24, 2.45) is 10.4 Å². The molecule has 1 aliphatic carbocycles. The summed E-state index contributed by atoms with van der Waals surface area (Å²) < 4.78 is 5.67. The van der Waals surface area contributed by atoms with Crippen molar-refractivity contribution in [3.63, 3.8) is 0 Å². The largest absolute Gasteiger partial charge is 0.490 e. The van der Waals surface area contributed by atoms with E-state index in [0.717, 1.165) is 31.3 Å². The van der Waals surface area contributed by atoms with Crippen molar-refractivity contribution in [2.45, 2.75) is 38.5 Å². The van der Waals surface area contributed by atoms with Crippen LogP contribution in [-0.2, 0) is 0 Å². The third-order valence-electron chi connectivity index (χ3n) is 5.15. The molecule has 1 aromatic heterocycles. The molecular formula is C18H28N4O. The van der Waals surface area contributed by atoms with E-state index in [1.165, 1.54) is 38.5 Å². The second-order valence-electron chi connectivity index (χ2n) is 6.74. The van der Waals surface area contributed by atoms with Gasteiger partial charge in [0.25, 0.3) is 0 Å². The molecule has 1 saturated carbocycles. The maximum absolute atomic E-state index is 5.67. The van der Waals surface area contributed by atoms with Gasteiger partial charge < -0.3 is 15.0 Å². The molecule has 2 aliphatic rings. The number of nitrogens with one attached hydrogen (secondary N) is 1. The topological polar surface area (TPSA) is 49.8 Å². The predicted molar refractivity (Wildman–Crippen MR) is 92.8 cm³/mol. The number of pyridine rings is 1. The van der Waals surface area contributed by atoms with Crippen LogP contribution in [0.4, 0.5) is 0 Å². The average Bonchev–Trinajstić information content (AvgIpc) is 3.00. The molecule has 2 heterocycles. The first kappa shape index (κ1) is 16.1. The van der Waals surface area contributed by atoms with E-state index in [-0.39, 0.29) is 0 Å². The van der Waals surface area contributed by atoms with Gasteiger partial charge in [-0.15, -0.1) is 0 Å². The summed E-state index contributed by atoms with van der Waals surface area (Å²) in [5, 5.41) is 3.43. The van der Waals surface area contributed by atoms with E-state index >= 15 is 0 Å². The molecule has 1 spiro atoms. The lowest BCUT2D eigenvalue weighted by Crippen LogP contribution is -2.43. The first-order valence-corrected chi connectivity index (χ1v) is 8.80. The molecule has 0 amide bonds. The summed E-state index contributed by atoms with van der Waals surface area (Å²) in [5.74, 6) is 1.83. The summed E-state index contributed by atoms with van der Waals surface area (Å²) in [5.41, 5.74) is 0.558. The Labute approximate surface area is 139 Å². The molecule has 126 valence electrons. The number of likely N-dealkylation sites (tertiary alicyclic amines) is 1. The van der Waals surface area contributed by atoms with Gasteiger partial charge in [0.15, 0.2) is 5.96 Å². The number of rotatable bonds is 4. The van der Waals surface area contributed by atoms with Crippen LogP contribution in [0.15, 0.2) is 29.5 Å². The average molecular weight is 316 g/mol. The van der Waals surface area contributed by atoms with Crippen LogP contribution in [0.1, 0.15) is 38.5 Å². The number of ether oxygens (including phenoxy) is 1. The Hall–Kier alpha value is -1.78. The predicted octanol–water partition coefficient (Wildman–Crippen LogP) is 2.69. The van der Waals surface area contributed by atoms with Gasteiger partial charge in [0.1, 0.15) is 12.4 Å². The first-order valence-electron chi connectivity index (χ1n) is 8.80. The zero-order chi connectivity index (χ0) is 16.0. The molecular weight excluding hydrogens is 288 g/mol. The van der Waals surface area contributed by atoms with Gasteiger partial charge in [-0.3, -0.25) is 9.98 Å². The van der Waals surface area contributed by atoms with Gasteiger partial charge in [-0.1, -0.05) is 19.3 Å². The standard InChI is InChI=1S/C18H28N4O/c1-19-17(21-11-13-23-16-6-5-10-20-14-16)22-12-9-18(15-22)7-3-2-4-8-18/h5-6,10,14H,2-4,7-9,11-13,15H2,1H3,(H,19,21). The van der Waals surface area contributed by atoms with Crippen LogP contribution in [0.25, 0.3) is 0 Å². The maximum Gasteiger partial charge on any atom is 0.193 e. The van der Waals surface area contributed by atoms with Gasteiger partial charge in [-0.2, -0.15) is 0 Å². The van der Waals surface area contributed by atoms with Crippen molar-refractivity contribution in [2.75, 3.05) is 33.3 Å². The molecule has 3 rings (SSSR count). The second kappa shape index (κ2) is 7.66. The van der Waals surface area contributed by atoms with Crippen molar-refractivity contribution in [3.8, 4) is 5.75 Å². The van der Waals surface area contributed by atoms with Crippen molar-refractivity contribution in [1.29, 1.82) is 0 Å². The molecule has 0 unspecified atom stereocenters. The Morgan fingerprint density at radius 1 is 1.35 bits per heavy atom. The summed E-state index contributed by atoms with van der Waals surface area (Å²) in [6.45, 7) is 3.66. The highest BCUT2D eigenvalue weighted by Crippen LogP contribution is 2.43. The normalized spacial score (nSPS) is 20.7. The summed E-state index contributed by atoms with van der Waals surface area (Å²) in [6.07, 6.45) is 11.8. The Kier molecular flexibility index (Phi) is 5.36. The third kappa shape index (κ3) is 4.15. The lowest BCUT2D eigenvalue weighted by molar-refractivity contribution is 0.203. The van der Waals surface area contributed by atoms with E-state index in [1.807, 2.05) is 19.2 Å². The summed E-state index contributed by atoms with van der Waals surface area (Å²) in [6, 6.07) is 3.81. The first-order chi connectivity index (χ1) is 11.3. The third-order valence-corrected chi connectivity index (χ3v) is 5.15. The molecule has 2 fully saturated rings. The molecule has 1 aliphatic heterocycles. The van der Waals surface area contributed by atoms with Gasteiger partial charge in [-0.05, 0) is 36.8 Å². The van der Waals surface area contributed by atoms with Gasteiger partial charge in [0.2, 0.25) is 0 Å². The van der Waals surface area contributed by atoms with Gasteiger partial charge >= 0.3 is 0 Å². The van der Waals surface area contributed by atoms with Gasteiger partial charge in [0.05, 0.1) is 12.7 Å². The number of guanidine groups is 1. The lowest BCUT2D eigenvalue weighted by Gasteiger charge is -2.33. The van der Waals surface area contributed by atoms with Crippen LogP contribution in [-0.4, -0.2) is 49.1 Å². The Morgan fingerprint density at radius 2 is 2.22 bits per heavy atom. The molecule has 23 heavy (non-hydrogen) atoms. The minimum Gasteiger partial charge on any atom is -0.490 e. The van der Waals surface area contributed by atoms with Crippen LogP contribution < -0.4 is 10.1 Å². The maximum atomic E-state index is 5.67. The van der Waals surface area contributed by atoms with Crippen LogP contribution >= 0.6 is 0 Å².